The Bertz CT molecular complexity index is 523. The normalized spacial score (nSPS) is 27.4. The highest BCUT2D eigenvalue weighted by molar-refractivity contribution is 5.52. The minimum atomic E-state index is 0.106. The predicted molar refractivity (Wildman–Crippen MR) is 79.9 cm³/mol. The summed E-state index contributed by atoms with van der Waals surface area (Å²) in [6, 6.07) is 0. The molecule has 19 heavy (non-hydrogen) atoms. The molecule has 0 fully saturated rings. The molecule has 0 spiro atoms. The number of aryl methyl sites for hydroxylation is 1. The minimum absolute atomic E-state index is 0.106. The third-order valence-electron chi connectivity index (χ3n) is 6.06. The molecule has 1 aromatic heterocycles. The molecule has 2 aliphatic rings. The van der Waals surface area contributed by atoms with Crippen molar-refractivity contribution >= 4 is 0 Å². The van der Waals surface area contributed by atoms with Gasteiger partial charge in [-0.3, -0.25) is 0 Å². The van der Waals surface area contributed by atoms with Gasteiger partial charge in [-0.25, -0.2) is 0 Å². The van der Waals surface area contributed by atoms with E-state index in [1.807, 2.05) is 0 Å². The Morgan fingerprint density at radius 3 is 2.32 bits per heavy atom. The van der Waals surface area contributed by atoms with E-state index < -0.39 is 0 Å². The number of furan rings is 1. The first-order chi connectivity index (χ1) is 8.58. The van der Waals surface area contributed by atoms with Crippen molar-refractivity contribution in [3.63, 3.8) is 0 Å². The summed E-state index contributed by atoms with van der Waals surface area (Å²) in [6.45, 7) is 16.6. The molecule has 2 aliphatic carbocycles. The Hall–Kier alpha value is -0.720. The van der Waals surface area contributed by atoms with Gasteiger partial charge in [-0.05, 0) is 29.6 Å². The van der Waals surface area contributed by atoms with E-state index in [1.165, 1.54) is 24.4 Å². The summed E-state index contributed by atoms with van der Waals surface area (Å²) in [6.07, 6.45) is 3.76. The topological polar surface area (TPSA) is 13.1 Å². The van der Waals surface area contributed by atoms with E-state index in [0.717, 1.165) is 6.42 Å². The number of rotatable bonds is 0. The molecular formula is C18H28O. The maximum atomic E-state index is 6.35. The maximum Gasteiger partial charge on any atom is 0.113 e. The first-order valence-electron chi connectivity index (χ1n) is 7.75. The summed E-state index contributed by atoms with van der Waals surface area (Å²) in [5.41, 5.74) is 3.79. The van der Waals surface area contributed by atoms with Gasteiger partial charge >= 0.3 is 0 Å². The molecule has 1 unspecified atom stereocenters. The smallest absolute Gasteiger partial charge is 0.113 e. The van der Waals surface area contributed by atoms with Crippen molar-refractivity contribution < 1.29 is 4.42 Å². The van der Waals surface area contributed by atoms with Crippen LogP contribution < -0.4 is 0 Å². The molecule has 0 saturated heterocycles. The SMILES string of the molecule is CC(C)(C)c1oc2c3c1C(C)(C)C(C)(C)C3CCC2. The molecule has 0 amide bonds. The second-order valence-corrected chi connectivity index (χ2v) is 8.68. The third-order valence-corrected chi connectivity index (χ3v) is 6.06. The van der Waals surface area contributed by atoms with Gasteiger partial charge in [0.05, 0.1) is 0 Å². The standard InChI is InChI=1S/C18H28O/c1-16(2,3)15-14-13-11(9-8-10-12(13)19-15)17(4,5)18(14,6)7/h11H,8-10H2,1-7H3. The molecule has 1 aromatic rings. The molecule has 106 valence electrons. The van der Waals surface area contributed by atoms with E-state index in [9.17, 15) is 0 Å². The van der Waals surface area contributed by atoms with E-state index in [0.29, 0.717) is 11.3 Å². The van der Waals surface area contributed by atoms with Crippen LogP contribution >= 0.6 is 0 Å². The molecular weight excluding hydrogens is 232 g/mol. The van der Waals surface area contributed by atoms with Crippen molar-refractivity contribution in [2.75, 3.05) is 0 Å². The van der Waals surface area contributed by atoms with Crippen molar-refractivity contribution in [3.8, 4) is 0 Å². The molecule has 0 saturated carbocycles. The molecule has 0 bridgehead atoms. The molecule has 1 heteroatoms. The summed E-state index contributed by atoms with van der Waals surface area (Å²) in [4.78, 5) is 0. The fraction of sp³-hybridized carbons (Fsp3) is 0.778. The first-order valence-corrected chi connectivity index (χ1v) is 7.75. The van der Waals surface area contributed by atoms with Crippen LogP contribution in [-0.2, 0) is 17.3 Å². The van der Waals surface area contributed by atoms with Crippen LogP contribution in [0.5, 0.6) is 0 Å². The van der Waals surface area contributed by atoms with Crippen LogP contribution in [0.15, 0.2) is 4.42 Å². The zero-order valence-electron chi connectivity index (χ0n) is 13.6. The third kappa shape index (κ3) is 1.48. The lowest BCUT2D eigenvalue weighted by Gasteiger charge is -2.42. The molecule has 1 atom stereocenters. The van der Waals surface area contributed by atoms with E-state index in [2.05, 4.69) is 48.5 Å². The zero-order valence-corrected chi connectivity index (χ0v) is 13.6. The summed E-state index contributed by atoms with van der Waals surface area (Å²) >= 11 is 0. The molecule has 0 aromatic carbocycles. The molecule has 1 heterocycles. The summed E-state index contributed by atoms with van der Waals surface area (Å²) in [5.74, 6) is 3.25. The van der Waals surface area contributed by atoms with Crippen molar-refractivity contribution in [3.05, 3.63) is 22.6 Å². The van der Waals surface area contributed by atoms with E-state index in [1.54, 1.807) is 11.1 Å². The highest BCUT2D eigenvalue weighted by atomic mass is 16.3. The van der Waals surface area contributed by atoms with Gasteiger partial charge in [-0.2, -0.15) is 0 Å². The van der Waals surface area contributed by atoms with Crippen LogP contribution in [0.3, 0.4) is 0 Å². The van der Waals surface area contributed by atoms with Gasteiger partial charge in [0.15, 0.2) is 0 Å². The molecule has 0 N–H and O–H groups in total. The molecule has 0 radical (unpaired) electrons. The van der Waals surface area contributed by atoms with Gasteiger partial charge in [0.2, 0.25) is 0 Å². The van der Waals surface area contributed by atoms with E-state index >= 15 is 0 Å². The minimum Gasteiger partial charge on any atom is -0.465 e. The van der Waals surface area contributed by atoms with Gasteiger partial charge in [-0.1, -0.05) is 48.5 Å². The Morgan fingerprint density at radius 1 is 1.11 bits per heavy atom. The summed E-state index contributed by atoms with van der Waals surface area (Å²) < 4.78 is 6.35. The van der Waals surface area contributed by atoms with Crippen molar-refractivity contribution in [2.45, 2.75) is 84.5 Å². The van der Waals surface area contributed by atoms with E-state index in [-0.39, 0.29) is 10.8 Å². The predicted octanol–water partition coefficient (Wildman–Crippen LogP) is 5.31. The highest BCUT2D eigenvalue weighted by Gasteiger charge is 2.57. The van der Waals surface area contributed by atoms with E-state index in [4.69, 9.17) is 4.42 Å². The first kappa shape index (κ1) is 13.3. The Balaban J connectivity index is 2.33. The lowest BCUT2D eigenvalue weighted by molar-refractivity contribution is 0.158. The van der Waals surface area contributed by atoms with Crippen LogP contribution in [0.25, 0.3) is 0 Å². The van der Waals surface area contributed by atoms with Gasteiger partial charge in [0.1, 0.15) is 11.5 Å². The monoisotopic (exact) mass is 260 g/mol. The number of hydrogen-bond donors (Lipinski definition) is 0. The summed E-state index contributed by atoms with van der Waals surface area (Å²) in [7, 11) is 0. The van der Waals surface area contributed by atoms with Gasteiger partial charge in [0.25, 0.3) is 0 Å². The summed E-state index contributed by atoms with van der Waals surface area (Å²) in [5, 5.41) is 0. The van der Waals surface area contributed by atoms with Crippen molar-refractivity contribution in [2.24, 2.45) is 5.41 Å². The Kier molecular flexibility index (Phi) is 2.43. The second-order valence-electron chi connectivity index (χ2n) is 8.68. The highest BCUT2D eigenvalue weighted by Crippen LogP contribution is 2.64. The van der Waals surface area contributed by atoms with Crippen LogP contribution in [0, 0.1) is 5.41 Å². The average molecular weight is 260 g/mol. The second kappa shape index (κ2) is 3.48. The molecule has 1 nitrogen and oxygen atoms in total. The Morgan fingerprint density at radius 2 is 1.74 bits per heavy atom. The lowest BCUT2D eigenvalue weighted by atomic mass is 9.63. The van der Waals surface area contributed by atoms with Crippen LogP contribution in [0.1, 0.15) is 89.9 Å². The van der Waals surface area contributed by atoms with Crippen LogP contribution in [0.4, 0.5) is 0 Å². The quantitative estimate of drug-likeness (QED) is 0.615. The van der Waals surface area contributed by atoms with Gasteiger partial charge < -0.3 is 4.42 Å². The fourth-order valence-corrected chi connectivity index (χ4v) is 4.28. The van der Waals surface area contributed by atoms with Crippen LogP contribution in [-0.4, -0.2) is 0 Å². The lowest BCUT2D eigenvalue weighted by Crippen LogP contribution is -2.36. The molecule has 3 rings (SSSR count). The average Bonchev–Trinajstić information content (AvgIpc) is 2.72. The Labute approximate surface area is 117 Å². The van der Waals surface area contributed by atoms with Crippen LogP contribution in [0.2, 0.25) is 0 Å². The van der Waals surface area contributed by atoms with Gasteiger partial charge in [0, 0.05) is 23.0 Å². The fourth-order valence-electron chi connectivity index (χ4n) is 4.28. The van der Waals surface area contributed by atoms with Crippen molar-refractivity contribution in [1.29, 1.82) is 0 Å². The number of hydrogen-bond acceptors (Lipinski definition) is 1. The molecule has 0 aliphatic heterocycles. The zero-order chi connectivity index (χ0) is 14.2. The van der Waals surface area contributed by atoms with Crippen molar-refractivity contribution in [1.82, 2.24) is 0 Å². The largest absolute Gasteiger partial charge is 0.465 e. The maximum absolute atomic E-state index is 6.35. The van der Waals surface area contributed by atoms with Gasteiger partial charge in [-0.15, -0.1) is 0 Å².